The number of hydrogen-bond donors (Lipinski definition) is 1. The SMILES string of the molecule is CC(C)c1ccc(NC(=O)CSC2=NC(=O)N=C3CCCC32)cc1. The fraction of sp³-hybridized carbons (Fsp3) is 0.444. The van der Waals surface area contributed by atoms with Gasteiger partial charge in [0.15, 0.2) is 0 Å². The number of nitrogens with one attached hydrogen (secondary N) is 1. The molecular formula is C18H21N3O2S. The molecule has 1 N–H and O–H groups in total. The number of anilines is 1. The average Bonchev–Trinajstić information content (AvgIpc) is 3.01. The van der Waals surface area contributed by atoms with Crippen molar-refractivity contribution in [1.29, 1.82) is 0 Å². The summed E-state index contributed by atoms with van der Waals surface area (Å²) in [5, 5.41) is 3.63. The highest BCUT2D eigenvalue weighted by molar-refractivity contribution is 8.14. The lowest BCUT2D eigenvalue weighted by Crippen LogP contribution is -2.24. The molecule has 1 atom stereocenters. The second-order valence-corrected chi connectivity index (χ2v) is 7.39. The van der Waals surface area contributed by atoms with Crippen molar-refractivity contribution in [1.82, 2.24) is 0 Å². The molecule has 1 aliphatic heterocycles. The number of urea groups is 1. The number of amides is 3. The molecule has 1 saturated carbocycles. The van der Waals surface area contributed by atoms with E-state index < -0.39 is 6.03 Å². The van der Waals surface area contributed by atoms with Gasteiger partial charge in [-0.15, -0.1) is 0 Å². The predicted molar refractivity (Wildman–Crippen MR) is 99.2 cm³/mol. The summed E-state index contributed by atoms with van der Waals surface area (Å²) in [4.78, 5) is 31.7. The standard InChI is InChI=1S/C18H21N3O2S/c1-11(2)12-6-8-13(9-7-12)19-16(22)10-24-17-14-4-3-5-15(14)20-18(23)21-17/h6-9,11,14H,3-5,10H2,1-2H3,(H,19,22). The Hall–Kier alpha value is -1.95. The molecule has 1 aromatic carbocycles. The van der Waals surface area contributed by atoms with E-state index in [0.717, 1.165) is 35.7 Å². The van der Waals surface area contributed by atoms with Gasteiger partial charge in [-0.25, -0.2) is 9.79 Å². The van der Waals surface area contributed by atoms with Gasteiger partial charge in [0, 0.05) is 17.3 Å². The Balaban J connectivity index is 1.55. The number of nitrogens with zero attached hydrogens (tertiary/aromatic N) is 2. The van der Waals surface area contributed by atoms with Crippen LogP contribution in [0.4, 0.5) is 10.5 Å². The zero-order valence-corrected chi connectivity index (χ0v) is 14.7. The van der Waals surface area contributed by atoms with Gasteiger partial charge < -0.3 is 5.32 Å². The maximum atomic E-state index is 12.1. The fourth-order valence-electron chi connectivity index (χ4n) is 2.97. The van der Waals surface area contributed by atoms with Crippen molar-refractivity contribution < 1.29 is 9.59 Å². The number of carbonyl (C=O) groups excluding carboxylic acids is 2. The highest BCUT2D eigenvalue weighted by Gasteiger charge is 2.32. The van der Waals surface area contributed by atoms with E-state index in [2.05, 4.69) is 29.1 Å². The van der Waals surface area contributed by atoms with E-state index in [0.29, 0.717) is 5.92 Å². The Bertz CT molecular complexity index is 707. The fourth-order valence-corrected chi connectivity index (χ4v) is 3.92. The maximum Gasteiger partial charge on any atom is 0.367 e. The van der Waals surface area contributed by atoms with Crippen LogP contribution < -0.4 is 5.32 Å². The first-order valence-corrected chi connectivity index (χ1v) is 9.24. The van der Waals surface area contributed by atoms with E-state index in [1.165, 1.54) is 17.3 Å². The second kappa shape index (κ2) is 7.30. The Morgan fingerprint density at radius 2 is 2.04 bits per heavy atom. The zero-order chi connectivity index (χ0) is 17.1. The number of aliphatic imine (C=N–C) groups is 2. The molecular weight excluding hydrogens is 322 g/mol. The minimum Gasteiger partial charge on any atom is -0.325 e. The lowest BCUT2D eigenvalue weighted by atomic mass is 10.0. The number of rotatable bonds is 4. The van der Waals surface area contributed by atoms with Crippen molar-refractivity contribution in [3.05, 3.63) is 29.8 Å². The summed E-state index contributed by atoms with van der Waals surface area (Å²) in [5.41, 5.74) is 2.96. The van der Waals surface area contributed by atoms with Gasteiger partial charge in [0.2, 0.25) is 5.91 Å². The van der Waals surface area contributed by atoms with Crippen molar-refractivity contribution in [3.8, 4) is 0 Å². The molecule has 0 saturated heterocycles. The summed E-state index contributed by atoms with van der Waals surface area (Å²) in [7, 11) is 0. The van der Waals surface area contributed by atoms with E-state index in [4.69, 9.17) is 0 Å². The summed E-state index contributed by atoms with van der Waals surface area (Å²) in [6.07, 6.45) is 2.87. The van der Waals surface area contributed by atoms with E-state index in [1.54, 1.807) is 0 Å². The third-order valence-electron chi connectivity index (χ3n) is 4.28. The molecule has 3 rings (SSSR count). The van der Waals surface area contributed by atoms with E-state index >= 15 is 0 Å². The molecule has 24 heavy (non-hydrogen) atoms. The molecule has 5 nitrogen and oxygen atoms in total. The normalized spacial score (nSPS) is 19.8. The van der Waals surface area contributed by atoms with Crippen LogP contribution in [0.5, 0.6) is 0 Å². The van der Waals surface area contributed by atoms with Crippen molar-refractivity contribution in [2.75, 3.05) is 11.1 Å². The van der Waals surface area contributed by atoms with Crippen LogP contribution in [0.3, 0.4) is 0 Å². The summed E-state index contributed by atoms with van der Waals surface area (Å²) >= 11 is 1.35. The third-order valence-corrected chi connectivity index (χ3v) is 5.36. The molecule has 0 bridgehead atoms. The highest BCUT2D eigenvalue weighted by atomic mass is 32.2. The third kappa shape index (κ3) is 3.93. The molecule has 1 fully saturated rings. The molecule has 1 aliphatic carbocycles. The van der Waals surface area contributed by atoms with Crippen LogP contribution in [0, 0.1) is 5.92 Å². The molecule has 1 heterocycles. The predicted octanol–water partition coefficient (Wildman–Crippen LogP) is 4.25. The second-order valence-electron chi connectivity index (χ2n) is 6.39. The molecule has 126 valence electrons. The van der Waals surface area contributed by atoms with Gasteiger partial charge in [0.25, 0.3) is 0 Å². The monoisotopic (exact) mass is 343 g/mol. The summed E-state index contributed by atoms with van der Waals surface area (Å²) in [6, 6.07) is 7.45. The summed E-state index contributed by atoms with van der Waals surface area (Å²) in [6.45, 7) is 4.27. The van der Waals surface area contributed by atoms with Crippen molar-refractivity contribution in [3.63, 3.8) is 0 Å². The van der Waals surface area contributed by atoms with Crippen LogP contribution >= 0.6 is 11.8 Å². The largest absolute Gasteiger partial charge is 0.367 e. The van der Waals surface area contributed by atoms with Gasteiger partial charge in [-0.2, -0.15) is 4.99 Å². The number of fused-ring (bicyclic) bond motifs is 1. The number of carbonyl (C=O) groups is 2. The Morgan fingerprint density at radius 1 is 1.29 bits per heavy atom. The number of thioether (sulfide) groups is 1. The molecule has 1 aromatic rings. The van der Waals surface area contributed by atoms with Crippen LogP contribution in [0.2, 0.25) is 0 Å². The lowest BCUT2D eigenvalue weighted by Gasteiger charge is -2.16. The van der Waals surface area contributed by atoms with Gasteiger partial charge in [-0.1, -0.05) is 37.7 Å². The van der Waals surface area contributed by atoms with Gasteiger partial charge in [0.05, 0.1) is 10.8 Å². The van der Waals surface area contributed by atoms with Crippen LogP contribution in [0.1, 0.15) is 44.6 Å². The highest BCUT2D eigenvalue weighted by Crippen LogP contribution is 2.31. The number of hydrogen-bond acceptors (Lipinski definition) is 3. The molecule has 2 aliphatic rings. The van der Waals surface area contributed by atoms with Crippen LogP contribution in [-0.2, 0) is 4.79 Å². The molecule has 0 spiro atoms. The molecule has 0 aromatic heterocycles. The molecule has 6 heteroatoms. The van der Waals surface area contributed by atoms with Crippen molar-refractivity contribution >= 4 is 40.1 Å². The van der Waals surface area contributed by atoms with Crippen LogP contribution in [0.15, 0.2) is 34.3 Å². The van der Waals surface area contributed by atoms with Crippen LogP contribution in [0.25, 0.3) is 0 Å². The topological polar surface area (TPSA) is 70.9 Å². The smallest absolute Gasteiger partial charge is 0.325 e. The van der Waals surface area contributed by atoms with E-state index in [1.807, 2.05) is 24.3 Å². The Labute approximate surface area is 146 Å². The van der Waals surface area contributed by atoms with Gasteiger partial charge in [-0.05, 0) is 42.9 Å². The van der Waals surface area contributed by atoms with Gasteiger partial charge in [0.1, 0.15) is 0 Å². The first kappa shape index (κ1) is 16.9. The Kier molecular flexibility index (Phi) is 5.14. The first-order chi connectivity index (χ1) is 11.5. The minimum atomic E-state index is -0.435. The minimum absolute atomic E-state index is 0.0884. The molecule has 3 amide bonds. The van der Waals surface area contributed by atoms with Gasteiger partial charge in [-0.3, -0.25) is 4.79 Å². The average molecular weight is 343 g/mol. The molecule has 1 unspecified atom stereocenters. The maximum absolute atomic E-state index is 12.1. The Morgan fingerprint density at radius 3 is 2.75 bits per heavy atom. The van der Waals surface area contributed by atoms with Crippen molar-refractivity contribution in [2.24, 2.45) is 15.9 Å². The quantitative estimate of drug-likeness (QED) is 0.888. The van der Waals surface area contributed by atoms with Gasteiger partial charge >= 0.3 is 6.03 Å². The number of benzene rings is 1. The first-order valence-electron chi connectivity index (χ1n) is 8.25. The lowest BCUT2D eigenvalue weighted by molar-refractivity contribution is -0.113. The molecule has 0 radical (unpaired) electrons. The summed E-state index contributed by atoms with van der Waals surface area (Å²) < 4.78 is 0. The summed E-state index contributed by atoms with van der Waals surface area (Å²) in [5.74, 6) is 0.775. The van der Waals surface area contributed by atoms with Crippen molar-refractivity contribution in [2.45, 2.75) is 39.0 Å². The van der Waals surface area contributed by atoms with Crippen LogP contribution in [-0.4, -0.2) is 28.4 Å². The van der Waals surface area contributed by atoms with E-state index in [-0.39, 0.29) is 17.6 Å². The zero-order valence-electron chi connectivity index (χ0n) is 13.9. The van der Waals surface area contributed by atoms with E-state index in [9.17, 15) is 9.59 Å².